The van der Waals surface area contributed by atoms with Crippen LogP contribution in [0.15, 0.2) is 0 Å². The van der Waals surface area contributed by atoms with Gasteiger partial charge in [-0.05, 0) is 11.8 Å². The van der Waals surface area contributed by atoms with E-state index in [1.165, 1.54) is 0 Å². The molecule has 1 fully saturated rings. The van der Waals surface area contributed by atoms with Crippen LogP contribution in [-0.2, 0) is 11.2 Å². The van der Waals surface area contributed by atoms with Crippen molar-refractivity contribution >= 4 is 5.91 Å². The van der Waals surface area contributed by atoms with E-state index in [-0.39, 0.29) is 11.8 Å². The number of hydrogen-bond donors (Lipinski definition) is 1. The molecule has 1 N–H and O–H groups in total. The third-order valence-electron chi connectivity index (χ3n) is 3.32. The monoisotopic (exact) mass is 264 g/mol. The van der Waals surface area contributed by atoms with E-state index in [2.05, 4.69) is 42.9 Å². The second-order valence-electron chi connectivity index (χ2n) is 6.33. The van der Waals surface area contributed by atoms with Crippen LogP contribution >= 0.6 is 0 Å². The molecule has 1 amide bonds. The summed E-state index contributed by atoms with van der Waals surface area (Å²) in [6.07, 6.45) is 1.45. The van der Waals surface area contributed by atoms with Crippen LogP contribution in [0.25, 0.3) is 0 Å². The van der Waals surface area contributed by atoms with Gasteiger partial charge in [0, 0.05) is 31.8 Å². The van der Waals surface area contributed by atoms with Gasteiger partial charge < -0.3 is 4.90 Å². The van der Waals surface area contributed by atoms with Gasteiger partial charge in [0.1, 0.15) is 5.82 Å². The van der Waals surface area contributed by atoms with Gasteiger partial charge in [-0.3, -0.25) is 9.89 Å². The van der Waals surface area contributed by atoms with Gasteiger partial charge in [0.05, 0.1) is 0 Å². The molecule has 0 radical (unpaired) electrons. The second-order valence-corrected chi connectivity index (χ2v) is 6.33. The van der Waals surface area contributed by atoms with Crippen molar-refractivity contribution in [2.24, 2.45) is 11.8 Å². The van der Waals surface area contributed by atoms with E-state index in [9.17, 15) is 4.79 Å². The van der Waals surface area contributed by atoms with Crippen LogP contribution in [0.2, 0.25) is 0 Å². The molecule has 1 saturated heterocycles. The predicted octanol–water partition coefficient (Wildman–Crippen LogP) is 1.98. The van der Waals surface area contributed by atoms with Gasteiger partial charge in [-0.2, -0.15) is 5.10 Å². The average Bonchev–Trinajstić information content (AvgIpc) is 2.85. The molecule has 5 heteroatoms. The largest absolute Gasteiger partial charge is 0.342 e. The molecule has 0 saturated carbocycles. The van der Waals surface area contributed by atoms with Crippen LogP contribution in [0.3, 0.4) is 0 Å². The highest BCUT2D eigenvalue weighted by Gasteiger charge is 2.33. The number of H-pyrrole nitrogens is 1. The van der Waals surface area contributed by atoms with Crippen molar-refractivity contribution in [3.05, 3.63) is 11.6 Å². The smallest absolute Gasteiger partial charge is 0.223 e. The van der Waals surface area contributed by atoms with E-state index in [4.69, 9.17) is 0 Å². The van der Waals surface area contributed by atoms with Gasteiger partial charge in [-0.15, -0.1) is 0 Å². The van der Waals surface area contributed by atoms with E-state index in [0.29, 0.717) is 18.3 Å². The molecule has 0 spiro atoms. The molecule has 19 heavy (non-hydrogen) atoms. The fraction of sp³-hybridized carbons (Fsp3) is 0.786. The minimum atomic E-state index is 0.156. The summed E-state index contributed by atoms with van der Waals surface area (Å²) in [4.78, 5) is 18.4. The molecule has 0 bridgehead atoms. The molecule has 2 heterocycles. The maximum Gasteiger partial charge on any atom is 0.223 e. The first-order valence-corrected chi connectivity index (χ1v) is 7.14. The molecule has 1 aliphatic rings. The van der Waals surface area contributed by atoms with Crippen LogP contribution in [0.4, 0.5) is 0 Å². The number of likely N-dealkylation sites (tertiary alicyclic amines) is 1. The molecule has 5 nitrogen and oxygen atoms in total. The number of carbonyl (C=O) groups is 1. The Kier molecular flexibility index (Phi) is 4.22. The number of aromatic amines is 1. The fourth-order valence-electron chi connectivity index (χ4n) is 2.53. The molecule has 0 aliphatic carbocycles. The fourth-order valence-corrected chi connectivity index (χ4v) is 2.53. The Morgan fingerprint density at radius 3 is 2.68 bits per heavy atom. The van der Waals surface area contributed by atoms with Gasteiger partial charge in [0.15, 0.2) is 5.82 Å². The molecule has 106 valence electrons. The minimum Gasteiger partial charge on any atom is -0.342 e. The summed E-state index contributed by atoms with van der Waals surface area (Å²) in [6.45, 7) is 10.2. The maximum atomic E-state index is 11.9. The zero-order valence-electron chi connectivity index (χ0n) is 12.3. The molecule has 1 aromatic rings. The van der Waals surface area contributed by atoms with Crippen LogP contribution in [-0.4, -0.2) is 39.1 Å². The summed E-state index contributed by atoms with van der Waals surface area (Å²) < 4.78 is 0. The van der Waals surface area contributed by atoms with Gasteiger partial charge in [0.25, 0.3) is 0 Å². The first kappa shape index (κ1) is 14.0. The number of amides is 1. The number of rotatable bonds is 5. The lowest BCUT2D eigenvalue weighted by Crippen LogP contribution is -2.29. The Bertz CT molecular complexity index is 438. The number of nitrogens with zero attached hydrogens (tertiary/aromatic N) is 3. The molecule has 1 aliphatic heterocycles. The van der Waals surface area contributed by atoms with Crippen LogP contribution in [0.1, 0.15) is 51.7 Å². The molecule has 1 aromatic heterocycles. The highest BCUT2D eigenvalue weighted by molar-refractivity contribution is 5.79. The summed E-state index contributed by atoms with van der Waals surface area (Å²) in [5.41, 5.74) is 0. The molecule has 2 rings (SSSR count). The van der Waals surface area contributed by atoms with E-state index in [0.717, 1.165) is 31.2 Å². The Morgan fingerprint density at radius 1 is 1.32 bits per heavy atom. The molecular weight excluding hydrogens is 240 g/mol. The van der Waals surface area contributed by atoms with E-state index < -0.39 is 0 Å². The Hall–Kier alpha value is -1.39. The highest BCUT2D eigenvalue weighted by Crippen LogP contribution is 2.26. The van der Waals surface area contributed by atoms with Crippen LogP contribution in [0.5, 0.6) is 0 Å². The summed E-state index contributed by atoms with van der Waals surface area (Å²) in [5, 5.41) is 7.28. The first-order chi connectivity index (χ1) is 8.95. The third kappa shape index (κ3) is 3.55. The molecule has 1 atom stereocenters. The Morgan fingerprint density at radius 2 is 2.05 bits per heavy atom. The maximum absolute atomic E-state index is 11.9. The van der Waals surface area contributed by atoms with Crippen molar-refractivity contribution in [2.75, 3.05) is 13.1 Å². The van der Waals surface area contributed by atoms with Gasteiger partial charge in [-0.25, -0.2) is 4.98 Å². The van der Waals surface area contributed by atoms with Crippen molar-refractivity contribution in [2.45, 2.75) is 46.5 Å². The van der Waals surface area contributed by atoms with Crippen LogP contribution in [0, 0.1) is 11.8 Å². The predicted molar refractivity (Wildman–Crippen MR) is 73.7 cm³/mol. The number of hydrogen-bond acceptors (Lipinski definition) is 3. The lowest BCUT2D eigenvalue weighted by Gasteiger charge is -2.18. The lowest BCUT2D eigenvalue weighted by atomic mass is 10.1. The SMILES string of the molecule is CC(C)Cc1nc([C@@H]2CC(=O)N(CC(C)C)C2)n[nH]1. The molecule has 0 unspecified atom stereocenters. The summed E-state index contributed by atoms with van der Waals surface area (Å²) in [5.74, 6) is 3.18. The topological polar surface area (TPSA) is 61.9 Å². The standard InChI is InChI=1S/C14H24N4O/c1-9(2)5-12-15-14(17-16-12)11-6-13(19)18(8-11)7-10(3)4/h9-11H,5-8H2,1-4H3,(H,15,16,17)/t11-/m1/s1. The molecule has 0 aromatic carbocycles. The van der Waals surface area contributed by atoms with Crippen molar-refractivity contribution < 1.29 is 4.79 Å². The Labute approximate surface area is 114 Å². The number of carbonyl (C=O) groups excluding carboxylic acids is 1. The molecular formula is C14H24N4O. The number of nitrogens with one attached hydrogen (secondary N) is 1. The van der Waals surface area contributed by atoms with Crippen molar-refractivity contribution in [3.8, 4) is 0 Å². The summed E-state index contributed by atoms with van der Waals surface area (Å²) >= 11 is 0. The van der Waals surface area contributed by atoms with E-state index in [1.807, 2.05) is 4.90 Å². The zero-order valence-corrected chi connectivity index (χ0v) is 12.3. The number of aromatic nitrogens is 3. The third-order valence-corrected chi connectivity index (χ3v) is 3.32. The summed E-state index contributed by atoms with van der Waals surface area (Å²) in [6, 6.07) is 0. The van der Waals surface area contributed by atoms with Crippen LogP contribution < -0.4 is 0 Å². The first-order valence-electron chi connectivity index (χ1n) is 7.14. The van der Waals surface area contributed by atoms with Gasteiger partial charge in [0.2, 0.25) is 5.91 Å². The second kappa shape index (κ2) is 5.72. The van der Waals surface area contributed by atoms with Crippen molar-refractivity contribution in [1.82, 2.24) is 20.1 Å². The van der Waals surface area contributed by atoms with Gasteiger partial charge in [-0.1, -0.05) is 27.7 Å². The normalized spacial score (nSPS) is 20.0. The van der Waals surface area contributed by atoms with E-state index in [1.54, 1.807) is 0 Å². The minimum absolute atomic E-state index is 0.156. The van der Waals surface area contributed by atoms with Crippen molar-refractivity contribution in [3.63, 3.8) is 0 Å². The van der Waals surface area contributed by atoms with Crippen molar-refractivity contribution in [1.29, 1.82) is 0 Å². The quantitative estimate of drug-likeness (QED) is 0.884. The van der Waals surface area contributed by atoms with E-state index >= 15 is 0 Å². The highest BCUT2D eigenvalue weighted by atomic mass is 16.2. The zero-order chi connectivity index (χ0) is 14.0. The van der Waals surface area contributed by atoms with Gasteiger partial charge >= 0.3 is 0 Å². The Balaban J connectivity index is 1.99. The average molecular weight is 264 g/mol. The lowest BCUT2D eigenvalue weighted by molar-refractivity contribution is -0.128. The summed E-state index contributed by atoms with van der Waals surface area (Å²) in [7, 11) is 0.